The minimum atomic E-state index is -1.43. The number of carbonyl (C=O) groups is 6. The quantitative estimate of drug-likeness (QED) is 0.0322. The monoisotopic (exact) mass is 996 g/mol. The summed E-state index contributed by atoms with van der Waals surface area (Å²) in [5, 5.41) is 0. The molecule has 13 heteroatoms. The van der Waals surface area contributed by atoms with E-state index in [1.54, 1.807) is 0 Å². The van der Waals surface area contributed by atoms with E-state index in [9.17, 15) is 28.8 Å². The number of hydrogen-bond acceptors (Lipinski definition) is 13. The normalized spacial score (nSPS) is 11.7. The van der Waals surface area contributed by atoms with E-state index < -0.39 is 29.3 Å². The van der Waals surface area contributed by atoms with Crippen LogP contribution in [0.25, 0.3) is 0 Å². The van der Waals surface area contributed by atoms with Crippen molar-refractivity contribution in [1.82, 2.24) is 4.90 Å². The topological polar surface area (TPSA) is 161 Å². The largest absolute Gasteiger partial charge is 0.465 e. The summed E-state index contributed by atoms with van der Waals surface area (Å²) in [6.45, 7) is 20.0. The lowest BCUT2D eigenvalue weighted by Crippen LogP contribution is -2.44. The van der Waals surface area contributed by atoms with Gasteiger partial charge in [-0.1, -0.05) is 138 Å². The van der Waals surface area contributed by atoms with Gasteiger partial charge in [-0.3, -0.25) is 28.8 Å². The fourth-order valence-corrected chi connectivity index (χ4v) is 8.53. The number of carbonyl (C=O) groups excluding carboxylic acids is 6. The SMILES string of the molecule is CCCCCC(CCCCC)CC(=O)OCC(COC(=O)CCCC(=O)OCC(CCCC)CCCC)(COC(=O)CCCC(=O)OCC(CCCC)CCCC)COC(=O)CCCN(CC)C(C)C. The van der Waals surface area contributed by atoms with Gasteiger partial charge in [0.1, 0.15) is 31.8 Å². The van der Waals surface area contributed by atoms with Gasteiger partial charge in [-0.2, -0.15) is 0 Å². The van der Waals surface area contributed by atoms with E-state index in [1.807, 2.05) is 0 Å². The number of nitrogens with zero attached hydrogens (tertiary/aromatic N) is 1. The number of unbranched alkanes of at least 4 members (excludes halogenated alkanes) is 8. The van der Waals surface area contributed by atoms with Crippen LogP contribution in [0.3, 0.4) is 0 Å². The maximum absolute atomic E-state index is 13.6. The van der Waals surface area contributed by atoms with Crippen molar-refractivity contribution in [3.63, 3.8) is 0 Å². The number of rotatable bonds is 48. The molecular weight excluding hydrogens is 891 g/mol. The molecule has 0 amide bonds. The first-order valence-electron chi connectivity index (χ1n) is 28.4. The van der Waals surface area contributed by atoms with Crippen molar-refractivity contribution in [3.05, 3.63) is 0 Å². The molecule has 0 aliphatic carbocycles. The molecule has 0 saturated carbocycles. The van der Waals surface area contributed by atoms with Crippen molar-refractivity contribution in [2.45, 2.75) is 255 Å². The lowest BCUT2D eigenvalue weighted by molar-refractivity contribution is -0.171. The summed E-state index contributed by atoms with van der Waals surface area (Å²) < 4.78 is 34.7. The number of esters is 6. The van der Waals surface area contributed by atoms with Gasteiger partial charge < -0.3 is 33.3 Å². The van der Waals surface area contributed by atoms with E-state index in [0.717, 1.165) is 135 Å². The Morgan fingerprint density at radius 3 is 1.01 bits per heavy atom. The van der Waals surface area contributed by atoms with Crippen LogP contribution in [-0.4, -0.2) is 99.5 Å². The van der Waals surface area contributed by atoms with Crippen LogP contribution in [0.1, 0.15) is 249 Å². The van der Waals surface area contributed by atoms with Gasteiger partial charge >= 0.3 is 35.8 Å². The van der Waals surface area contributed by atoms with Gasteiger partial charge in [-0.15, -0.1) is 0 Å². The van der Waals surface area contributed by atoms with E-state index >= 15 is 0 Å². The van der Waals surface area contributed by atoms with Crippen molar-refractivity contribution in [2.24, 2.45) is 23.2 Å². The molecule has 410 valence electrons. The third kappa shape index (κ3) is 36.7. The lowest BCUT2D eigenvalue weighted by atomic mass is 9.91. The highest BCUT2D eigenvalue weighted by molar-refractivity contribution is 5.73. The predicted octanol–water partition coefficient (Wildman–Crippen LogP) is 13.2. The fraction of sp³-hybridized carbons (Fsp3) is 0.895. The van der Waals surface area contributed by atoms with E-state index in [4.69, 9.17) is 28.4 Å². The van der Waals surface area contributed by atoms with Crippen LogP contribution >= 0.6 is 0 Å². The second kappa shape index (κ2) is 44.5. The van der Waals surface area contributed by atoms with Crippen LogP contribution in [0.15, 0.2) is 0 Å². The molecule has 0 heterocycles. The van der Waals surface area contributed by atoms with Crippen LogP contribution in [0.2, 0.25) is 0 Å². The van der Waals surface area contributed by atoms with Crippen molar-refractivity contribution in [1.29, 1.82) is 0 Å². The highest BCUT2D eigenvalue weighted by atomic mass is 16.6. The Hall–Kier alpha value is -3.22. The summed E-state index contributed by atoms with van der Waals surface area (Å²) in [6, 6.07) is 0.318. The van der Waals surface area contributed by atoms with E-state index in [2.05, 4.69) is 67.2 Å². The van der Waals surface area contributed by atoms with Crippen LogP contribution in [0.5, 0.6) is 0 Å². The molecule has 0 aliphatic rings. The smallest absolute Gasteiger partial charge is 0.306 e. The zero-order valence-corrected chi connectivity index (χ0v) is 46.3. The molecule has 0 aliphatic heterocycles. The Morgan fingerprint density at radius 2 is 0.686 bits per heavy atom. The molecule has 0 N–H and O–H groups in total. The molecule has 0 spiro atoms. The van der Waals surface area contributed by atoms with Gasteiger partial charge in [-0.05, 0) is 102 Å². The molecule has 13 nitrogen and oxygen atoms in total. The Labute approximate surface area is 427 Å². The molecule has 0 rings (SSSR count). The van der Waals surface area contributed by atoms with Crippen molar-refractivity contribution in [2.75, 3.05) is 52.7 Å². The molecule has 0 fully saturated rings. The van der Waals surface area contributed by atoms with Crippen molar-refractivity contribution >= 4 is 35.8 Å². The van der Waals surface area contributed by atoms with Gasteiger partial charge in [0.05, 0.1) is 13.2 Å². The lowest BCUT2D eigenvalue weighted by Gasteiger charge is -2.32. The molecular formula is C57H105NO12. The Balaban J connectivity index is 6.22. The zero-order chi connectivity index (χ0) is 52.3. The van der Waals surface area contributed by atoms with E-state index in [-0.39, 0.29) is 95.7 Å². The molecule has 0 atom stereocenters. The summed E-state index contributed by atoms with van der Waals surface area (Å²) in [5.41, 5.74) is -1.43. The Bertz CT molecular complexity index is 1270. The average Bonchev–Trinajstić information content (AvgIpc) is 3.34. The first-order chi connectivity index (χ1) is 33.7. The molecule has 0 aromatic rings. The van der Waals surface area contributed by atoms with Crippen molar-refractivity contribution in [3.8, 4) is 0 Å². The van der Waals surface area contributed by atoms with Gasteiger partial charge in [-0.25, -0.2) is 0 Å². The first kappa shape index (κ1) is 66.8. The second-order valence-corrected chi connectivity index (χ2v) is 20.4. The minimum absolute atomic E-state index is 0.0527. The van der Waals surface area contributed by atoms with Crippen LogP contribution in [0.4, 0.5) is 0 Å². The highest BCUT2D eigenvalue weighted by Crippen LogP contribution is 2.26. The zero-order valence-electron chi connectivity index (χ0n) is 46.3. The van der Waals surface area contributed by atoms with Crippen LogP contribution in [0, 0.1) is 23.2 Å². The van der Waals surface area contributed by atoms with Gasteiger partial charge in [0.2, 0.25) is 0 Å². The maximum atomic E-state index is 13.6. The van der Waals surface area contributed by atoms with E-state index in [0.29, 0.717) is 44.1 Å². The summed E-state index contributed by atoms with van der Waals surface area (Å²) >= 11 is 0. The Kier molecular flexibility index (Phi) is 42.4. The Morgan fingerprint density at radius 1 is 0.371 bits per heavy atom. The van der Waals surface area contributed by atoms with Crippen molar-refractivity contribution < 1.29 is 57.2 Å². The summed E-state index contributed by atoms with van der Waals surface area (Å²) in [5.74, 6) is -2.03. The summed E-state index contributed by atoms with van der Waals surface area (Å²) in [7, 11) is 0. The average molecular weight is 996 g/mol. The van der Waals surface area contributed by atoms with Crippen LogP contribution in [-0.2, 0) is 57.2 Å². The van der Waals surface area contributed by atoms with E-state index in [1.165, 1.54) is 0 Å². The molecule has 0 bridgehead atoms. The summed E-state index contributed by atoms with van der Waals surface area (Å²) in [6.07, 6.45) is 22.2. The molecule has 70 heavy (non-hydrogen) atoms. The highest BCUT2D eigenvalue weighted by Gasteiger charge is 2.38. The first-order valence-corrected chi connectivity index (χ1v) is 28.4. The molecule has 0 aromatic heterocycles. The van der Waals surface area contributed by atoms with Gasteiger partial charge in [0.25, 0.3) is 0 Å². The number of ether oxygens (including phenoxy) is 6. The van der Waals surface area contributed by atoms with Gasteiger partial charge in [0, 0.05) is 44.6 Å². The predicted molar refractivity (Wildman–Crippen MR) is 279 cm³/mol. The van der Waals surface area contributed by atoms with Gasteiger partial charge in [0.15, 0.2) is 0 Å². The molecule has 0 radical (unpaired) electrons. The standard InChI is InChI=1S/C57H105NO12/c1-10-17-23-32-48(33-24-18-11-2)40-56(64)70-46-57(45-69-55(63)38-27-39-58(16-7)47(8)9,43-67-53(61)36-25-34-51(59)65-41-49(28-19-12-3)29-20-13-4)44-68-54(62)37-26-35-52(60)66-42-50(30-21-14-5)31-22-15-6/h47-50H,10-46H2,1-9H3. The molecule has 0 saturated heterocycles. The number of hydrogen-bond donors (Lipinski definition) is 0. The maximum Gasteiger partial charge on any atom is 0.306 e. The third-order valence-corrected chi connectivity index (χ3v) is 13.4. The third-order valence-electron chi connectivity index (χ3n) is 13.4. The minimum Gasteiger partial charge on any atom is -0.465 e. The fourth-order valence-electron chi connectivity index (χ4n) is 8.53. The second-order valence-electron chi connectivity index (χ2n) is 20.4. The molecule has 0 unspecified atom stereocenters. The molecule has 0 aromatic carbocycles. The van der Waals surface area contributed by atoms with Crippen LogP contribution < -0.4 is 0 Å². The summed E-state index contributed by atoms with van der Waals surface area (Å²) in [4.78, 5) is 81.3.